The molecule has 1 aliphatic carbocycles. The number of Topliss-reactive ketones (excluding diaryl/α,β-unsaturated/α-hetero) is 1. The van der Waals surface area contributed by atoms with Gasteiger partial charge in [0.15, 0.2) is 0 Å². The van der Waals surface area contributed by atoms with Crippen molar-refractivity contribution in [1.29, 1.82) is 0 Å². The molecule has 0 aliphatic heterocycles. The molecule has 3 heteroatoms. The number of benzene rings is 1. The highest BCUT2D eigenvalue weighted by Crippen LogP contribution is 2.36. The van der Waals surface area contributed by atoms with E-state index >= 15 is 0 Å². The summed E-state index contributed by atoms with van der Waals surface area (Å²) < 4.78 is 5.20. The van der Waals surface area contributed by atoms with E-state index in [-0.39, 0.29) is 5.41 Å². The molecule has 1 N–H and O–H groups in total. The molecule has 0 fully saturated rings. The van der Waals surface area contributed by atoms with Gasteiger partial charge < -0.3 is 10.1 Å². The highest BCUT2D eigenvalue weighted by Gasteiger charge is 2.35. The summed E-state index contributed by atoms with van der Waals surface area (Å²) in [5, 5.41) is 2.93. The summed E-state index contributed by atoms with van der Waals surface area (Å²) in [5.74, 6) is 1.15. The molecule has 0 amide bonds. The molecule has 19 heavy (non-hydrogen) atoms. The first kappa shape index (κ1) is 15.7. The van der Waals surface area contributed by atoms with E-state index in [1.807, 2.05) is 33.0 Å². The van der Waals surface area contributed by atoms with Crippen molar-refractivity contribution in [3.63, 3.8) is 0 Å². The zero-order valence-electron chi connectivity index (χ0n) is 12.7. The molecule has 0 atom stereocenters. The van der Waals surface area contributed by atoms with Crippen molar-refractivity contribution in [2.75, 3.05) is 20.7 Å². The van der Waals surface area contributed by atoms with Crippen LogP contribution in [0.1, 0.15) is 38.3 Å². The maximum atomic E-state index is 11.8. The Hall–Kier alpha value is -1.35. The van der Waals surface area contributed by atoms with E-state index in [9.17, 15) is 4.79 Å². The van der Waals surface area contributed by atoms with Gasteiger partial charge in [-0.25, -0.2) is 0 Å². The summed E-state index contributed by atoms with van der Waals surface area (Å²) >= 11 is 0. The highest BCUT2D eigenvalue weighted by atomic mass is 16.5. The quantitative estimate of drug-likeness (QED) is 0.891. The number of rotatable bonds is 2. The molecule has 1 aliphatic rings. The number of hydrogen-bond acceptors (Lipinski definition) is 3. The van der Waals surface area contributed by atoms with Crippen LogP contribution < -0.4 is 10.1 Å². The van der Waals surface area contributed by atoms with E-state index in [4.69, 9.17) is 4.74 Å². The van der Waals surface area contributed by atoms with Crippen LogP contribution >= 0.6 is 0 Å². The SMILES string of the molecule is CCNC.COc1ccc2c(c1)C(C)(C)C(=O)CC2. The van der Waals surface area contributed by atoms with Crippen LogP contribution in [-0.4, -0.2) is 26.5 Å². The van der Waals surface area contributed by atoms with Crippen LogP contribution in [0.15, 0.2) is 18.2 Å². The Balaban J connectivity index is 0.000000399. The normalized spacial score (nSPS) is 16.2. The average Bonchev–Trinajstić information content (AvgIpc) is 2.43. The molecule has 1 aromatic carbocycles. The topological polar surface area (TPSA) is 38.3 Å². The minimum Gasteiger partial charge on any atom is -0.497 e. The van der Waals surface area contributed by atoms with Crippen LogP contribution in [0, 0.1) is 0 Å². The number of carbonyl (C=O) groups is 1. The van der Waals surface area contributed by atoms with Crippen LogP contribution in [0.3, 0.4) is 0 Å². The van der Waals surface area contributed by atoms with Crippen molar-refractivity contribution >= 4 is 5.78 Å². The van der Waals surface area contributed by atoms with Gasteiger partial charge in [-0.3, -0.25) is 4.79 Å². The molecule has 0 saturated heterocycles. The number of nitrogens with one attached hydrogen (secondary N) is 1. The molecule has 3 nitrogen and oxygen atoms in total. The first-order valence-electron chi connectivity index (χ1n) is 6.82. The Morgan fingerprint density at radius 2 is 1.95 bits per heavy atom. The zero-order valence-corrected chi connectivity index (χ0v) is 12.7. The van der Waals surface area contributed by atoms with E-state index in [1.165, 1.54) is 5.56 Å². The average molecular weight is 263 g/mol. The Morgan fingerprint density at radius 1 is 1.32 bits per heavy atom. The van der Waals surface area contributed by atoms with Gasteiger partial charge >= 0.3 is 0 Å². The van der Waals surface area contributed by atoms with Crippen LogP contribution in [0.5, 0.6) is 5.75 Å². The van der Waals surface area contributed by atoms with Crippen molar-refractivity contribution in [2.24, 2.45) is 0 Å². The lowest BCUT2D eigenvalue weighted by atomic mass is 9.72. The molecule has 0 bridgehead atoms. The lowest BCUT2D eigenvalue weighted by Crippen LogP contribution is -2.34. The van der Waals surface area contributed by atoms with E-state index in [0.29, 0.717) is 12.2 Å². The van der Waals surface area contributed by atoms with Gasteiger partial charge in [0, 0.05) is 11.8 Å². The lowest BCUT2D eigenvalue weighted by Gasteiger charge is -2.31. The monoisotopic (exact) mass is 263 g/mol. The van der Waals surface area contributed by atoms with Crippen LogP contribution in [-0.2, 0) is 16.6 Å². The van der Waals surface area contributed by atoms with Crippen LogP contribution in [0.25, 0.3) is 0 Å². The number of aryl methyl sites for hydroxylation is 1. The minimum absolute atomic E-state index is 0.322. The standard InChI is InChI=1S/C13H16O2.C3H9N/c1-13(2)11-8-10(15-3)6-4-9(11)5-7-12(13)14;1-3-4-2/h4,6,8H,5,7H2,1-3H3;4H,3H2,1-2H3. The summed E-state index contributed by atoms with van der Waals surface area (Å²) in [6.45, 7) is 7.12. The molecular formula is C16H25NO2. The van der Waals surface area contributed by atoms with Crippen LogP contribution in [0.2, 0.25) is 0 Å². The number of ketones is 1. The maximum absolute atomic E-state index is 11.8. The van der Waals surface area contributed by atoms with Gasteiger partial charge in [-0.05, 0) is 57.1 Å². The second-order valence-electron chi connectivity index (χ2n) is 5.28. The molecule has 0 aromatic heterocycles. The molecule has 2 rings (SSSR count). The third-order valence-electron chi connectivity index (χ3n) is 3.66. The molecule has 1 aromatic rings. The molecule has 0 unspecified atom stereocenters. The smallest absolute Gasteiger partial charge is 0.143 e. The van der Waals surface area contributed by atoms with E-state index in [2.05, 4.69) is 18.3 Å². The van der Waals surface area contributed by atoms with Gasteiger partial charge in [-0.2, -0.15) is 0 Å². The second-order valence-corrected chi connectivity index (χ2v) is 5.28. The molecule has 0 saturated carbocycles. The van der Waals surface area contributed by atoms with E-state index < -0.39 is 0 Å². The van der Waals surface area contributed by atoms with Gasteiger partial charge in [0.25, 0.3) is 0 Å². The maximum Gasteiger partial charge on any atom is 0.143 e. The first-order chi connectivity index (χ1) is 8.97. The Bertz CT molecular complexity index is 436. The van der Waals surface area contributed by atoms with Crippen molar-refractivity contribution in [2.45, 2.75) is 39.0 Å². The third kappa shape index (κ3) is 3.57. The predicted molar refractivity (Wildman–Crippen MR) is 78.9 cm³/mol. The third-order valence-corrected chi connectivity index (χ3v) is 3.66. The molecule has 0 spiro atoms. The second kappa shape index (κ2) is 6.71. The Morgan fingerprint density at radius 3 is 2.47 bits per heavy atom. The summed E-state index contributed by atoms with van der Waals surface area (Å²) in [5.41, 5.74) is 2.04. The number of ether oxygens (including phenoxy) is 1. The van der Waals surface area contributed by atoms with E-state index in [0.717, 1.165) is 24.3 Å². The minimum atomic E-state index is -0.359. The lowest BCUT2D eigenvalue weighted by molar-refractivity contribution is -0.124. The fraction of sp³-hybridized carbons (Fsp3) is 0.562. The Labute approximate surface area is 116 Å². The fourth-order valence-corrected chi connectivity index (χ4v) is 2.19. The van der Waals surface area contributed by atoms with E-state index in [1.54, 1.807) is 7.11 Å². The molecule has 106 valence electrons. The summed E-state index contributed by atoms with van der Waals surface area (Å²) in [4.78, 5) is 11.8. The number of carbonyl (C=O) groups excluding carboxylic acids is 1. The number of methoxy groups -OCH3 is 1. The predicted octanol–water partition coefficient (Wildman–Crippen LogP) is 2.71. The molecular weight excluding hydrogens is 238 g/mol. The molecule has 0 heterocycles. The fourth-order valence-electron chi connectivity index (χ4n) is 2.19. The van der Waals surface area contributed by atoms with Gasteiger partial charge in [-0.15, -0.1) is 0 Å². The van der Waals surface area contributed by atoms with Crippen molar-refractivity contribution < 1.29 is 9.53 Å². The van der Waals surface area contributed by atoms with Gasteiger partial charge in [-0.1, -0.05) is 13.0 Å². The van der Waals surface area contributed by atoms with Gasteiger partial charge in [0.2, 0.25) is 0 Å². The van der Waals surface area contributed by atoms with Gasteiger partial charge in [0.1, 0.15) is 11.5 Å². The van der Waals surface area contributed by atoms with Crippen molar-refractivity contribution in [3.8, 4) is 5.75 Å². The van der Waals surface area contributed by atoms with Gasteiger partial charge in [0.05, 0.1) is 7.11 Å². The van der Waals surface area contributed by atoms with Crippen LogP contribution in [0.4, 0.5) is 0 Å². The number of fused-ring (bicyclic) bond motifs is 1. The first-order valence-corrected chi connectivity index (χ1v) is 6.82. The summed E-state index contributed by atoms with van der Waals surface area (Å²) in [7, 11) is 3.58. The summed E-state index contributed by atoms with van der Waals surface area (Å²) in [6, 6.07) is 6.03. The molecule has 0 radical (unpaired) electrons. The highest BCUT2D eigenvalue weighted by molar-refractivity contribution is 5.91. The zero-order chi connectivity index (χ0) is 14.5. The van der Waals surface area contributed by atoms with Crippen molar-refractivity contribution in [3.05, 3.63) is 29.3 Å². The summed E-state index contributed by atoms with van der Waals surface area (Å²) in [6.07, 6.45) is 1.52. The Kier molecular flexibility index (Phi) is 5.55. The van der Waals surface area contributed by atoms with Crippen molar-refractivity contribution in [1.82, 2.24) is 5.32 Å². The largest absolute Gasteiger partial charge is 0.497 e. The number of hydrogen-bond donors (Lipinski definition) is 1.